The van der Waals surface area contributed by atoms with Crippen LogP contribution in [0.2, 0.25) is 0 Å². The molecule has 4 aromatic carbocycles. The average Bonchev–Trinajstić information content (AvgIpc) is 2.78. The molecule has 0 radical (unpaired) electrons. The molecule has 4 aromatic rings. The third-order valence-electron chi connectivity index (χ3n) is 6.04. The van der Waals surface area contributed by atoms with Crippen LogP contribution in [0.1, 0.15) is 13.8 Å². The zero-order valence-corrected chi connectivity index (χ0v) is 18.6. The quantitative estimate of drug-likeness (QED) is 0.395. The van der Waals surface area contributed by atoms with Gasteiger partial charge in [0, 0.05) is 24.2 Å². The third kappa shape index (κ3) is 3.45. The number of benzene rings is 4. The van der Waals surface area contributed by atoms with E-state index >= 15 is 0 Å². The Morgan fingerprint density at radius 1 is 0.655 bits per heavy atom. The Morgan fingerprint density at radius 2 is 1.17 bits per heavy atom. The highest BCUT2D eigenvalue weighted by atomic mass is 31.2. The van der Waals surface area contributed by atoms with Crippen molar-refractivity contribution in [2.75, 3.05) is 18.6 Å². The molecule has 0 aliphatic heterocycles. The van der Waals surface area contributed by atoms with E-state index < -0.39 is 7.26 Å². The van der Waals surface area contributed by atoms with E-state index in [1.54, 1.807) is 0 Å². The van der Waals surface area contributed by atoms with Crippen molar-refractivity contribution in [2.24, 2.45) is 0 Å². The second-order valence-corrected chi connectivity index (χ2v) is 11.6. The number of nitrogens with zero attached hydrogens (tertiary/aromatic N) is 1. The monoisotopic (exact) mass is 398 g/mol. The zero-order chi connectivity index (χ0) is 20.4. The van der Waals surface area contributed by atoms with Crippen LogP contribution in [0.3, 0.4) is 0 Å². The van der Waals surface area contributed by atoms with Gasteiger partial charge in [-0.2, -0.15) is 0 Å². The fourth-order valence-corrected chi connectivity index (χ4v) is 7.59. The number of anilines is 1. The average molecular weight is 399 g/mol. The molecule has 0 aliphatic carbocycles. The summed E-state index contributed by atoms with van der Waals surface area (Å²) in [5, 5.41) is 6.98. The highest BCUT2D eigenvalue weighted by Crippen LogP contribution is 2.53. The van der Waals surface area contributed by atoms with Crippen molar-refractivity contribution in [3.8, 4) is 0 Å². The fraction of sp³-hybridized carbons (Fsp3) is 0.185. The van der Waals surface area contributed by atoms with Gasteiger partial charge in [0.1, 0.15) is 23.2 Å². The van der Waals surface area contributed by atoms with E-state index in [0.717, 1.165) is 0 Å². The SMILES string of the molecule is CC(C)N(C)c1cccc2cccc([P+](C)(c3ccccc3)c3ccccc3)c12. The molecule has 0 N–H and O–H groups in total. The van der Waals surface area contributed by atoms with E-state index in [0.29, 0.717) is 6.04 Å². The van der Waals surface area contributed by atoms with Crippen LogP contribution in [0.15, 0.2) is 97.1 Å². The van der Waals surface area contributed by atoms with Gasteiger partial charge in [0.2, 0.25) is 0 Å². The van der Waals surface area contributed by atoms with Crippen LogP contribution < -0.4 is 20.8 Å². The van der Waals surface area contributed by atoms with Crippen molar-refractivity contribution >= 4 is 39.6 Å². The molecule has 0 amide bonds. The molecule has 0 atom stereocenters. The molecule has 0 saturated carbocycles. The topological polar surface area (TPSA) is 3.24 Å². The predicted octanol–water partition coefficient (Wildman–Crippen LogP) is 5.61. The predicted molar refractivity (Wildman–Crippen MR) is 132 cm³/mol. The Kier molecular flexibility index (Phi) is 5.43. The molecule has 0 spiro atoms. The minimum Gasteiger partial charge on any atom is -0.372 e. The summed E-state index contributed by atoms with van der Waals surface area (Å²) in [6, 6.07) is 36.1. The fourth-order valence-electron chi connectivity index (χ4n) is 4.13. The Bertz CT molecular complexity index is 1060. The van der Waals surface area contributed by atoms with Crippen molar-refractivity contribution in [1.82, 2.24) is 0 Å². The van der Waals surface area contributed by atoms with Crippen LogP contribution >= 0.6 is 7.26 Å². The lowest BCUT2D eigenvalue weighted by atomic mass is 10.1. The first-order valence-corrected chi connectivity index (χ1v) is 12.5. The van der Waals surface area contributed by atoms with Gasteiger partial charge in [-0.15, -0.1) is 0 Å². The normalized spacial score (nSPS) is 11.8. The van der Waals surface area contributed by atoms with Crippen molar-refractivity contribution in [3.63, 3.8) is 0 Å². The first-order chi connectivity index (χ1) is 14.0. The van der Waals surface area contributed by atoms with Crippen LogP contribution in [0.4, 0.5) is 5.69 Å². The maximum atomic E-state index is 2.47. The first kappa shape index (κ1) is 19.7. The molecule has 0 heterocycles. The largest absolute Gasteiger partial charge is 0.372 e. The van der Waals surface area contributed by atoms with E-state index in [1.165, 1.54) is 32.4 Å². The van der Waals surface area contributed by atoms with Gasteiger partial charge < -0.3 is 4.90 Å². The summed E-state index contributed by atoms with van der Waals surface area (Å²) in [4.78, 5) is 2.40. The Balaban J connectivity index is 2.10. The lowest BCUT2D eigenvalue weighted by molar-refractivity contribution is 0.757. The Hall–Kier alpha value is -2.63. The van der Waals surface area contributed by atoms with Crippen LogP contribution in [-0.4, -0.2) is 19.8 Å². The molecule has 146 valence electrons. The molecule has 0 aliphatic rings. The smallest absolute Gasteiger partial charge is 0.114 e. The number of rotatable bonds is 5. The van der Waals surface area contributed by atoms with Crippen molar-refractivity contribution in [1.29, 1.82) is 0 Å². The van der Waals surface area contributed by atoms with E-state index in [1.807, 2.05) is 0 Å². The lowest BCUT2D eigenvalue weighted by Gasteiger charge is -2.29. The maximum Gasteiger partial charge on any atom is 0.114 e. The molecular formula is C27H29NP+. The minimum atomic E-state index is -1.80. The van der Waals surface area contributed by atoms with E-state index in [2.05, 4.69) is 130 Å². The van der Waals surface area contributed by atoms with Gasteiger partial charge in [0.25, 0.3) is 0 Å². The number of hydrogen-bond donors (Lipinski definition) is 0. The molecule has 0 bridgehead atoms. The molecule has 29 heavy (non-hydrogen) atoms. The van der Waals surface area contributed by atoms with Crippen LogP contribution in [-0.2, 0) is 0 Å². The molecule has 0 aromatic heterocycles. The summed E-state index contributed by atoms with van der Waals surface area (Å²) >= 11 is 0. The van der Waals surface area contributed by atoms with E-state index in [4.69, 9.17) is 0 Å². The first-order valence-electron chi connectivity index (χ1n) is 10.3. The summed E-state index contributed by atoms with van der Waals surface area (Å²) in [5.74, 6) is 0. The van der Waals surface area contributed by atoms with Gasteiger partial charge in [-0.05, 0) is 55.6 Å². The van der Waals surface area contributed by atoms with E-state index in [9.17, 15) is 0 Å². The standard InChI is InChI=1S/C27H29NP/c1-21(2)28(3)25-19-11-13-22-14-12-20-26(27(22)25)29(4,23-15-7-5-8-16-23)24-17-9-6-10-18-24/h5-21H,1-4H3/q+1. The van der Waals surface area contributed by atoms with Crippen LogP contribution in [0.25, 0.3) is 10.8 Å². The Labute approximate surface area is 175 Å². The molecule has 0 fully saturated rings. The molecule has 2 heteroatoms. The highest BCUT2D eigenvalue weighted by molar-refractivity contribution is 7.95. The molecule has 0 saturated heterocycles. The van der Waals surface area contributed by atoms with Gasteiger partial charge in [0.15, 0.2) is 0 Å². The van der Waals surface area contributed by atoms with Gasteiger partial charge in [-0.1, -0.05) is 60.7 Å². The Morgan fingerprint density at radius 3 is 1.69 bits per heavy atom. The number of hydrogen-bond acceptors (Lipinski definition) is 1. The molecule has 0 unspecified atom stereocenters. The summed E-state index contributed by atoms with van der Waals surface area (Å²) in [5.41, 5.74) is 1.31. The zero-order valence-electron chi connectivity index (χ0n) is 17.7. The third-order valence-corrected chi connectivity index (χ3v) is 10.0. The van der Waals surface area contributed by atoms with Crippen LogP contribution in [0.5, 0.6) is 0 Å². The lowest BCUT2D eigenvalue weighted by Crippen LogP contribution is -2.32. The van der Waals surface area contributed by atoms with Gasteiger partial charge >= 0.3 is 0 Å². The molecule has 4 rings (SSSR count). The maximum absolute atomic E-state index is 2.47. The van der Waals surface area contributed by atoms with Crippen LogP contribution in [0, 0.1) is 0 Å². The molecular weight excluding hydrogens is 369 g/mol. The summed E-state index contributed by atoms with van der Waals surface area (Å²) in [7, 11) is 0.410. The summed E-state index contributed by atoms with van der Waals surface area (Å²) in [6.45, 7) is 6.98. The summed E-state index contributed by atoms with van der Waals surface area (Å²) < 4.78 is 0. The van der Waals surface area contributed by atoms with Gasteiger partial charge in [-0.25, -0.2) is 0 Å². The second-order valence-electron chi connectivity index (χ2n) is 8.03. The van der Waals surface area contributed by atoms with Crippen molar-refractivity contribution in [2.45, 2.75) is 19.9 Å². The van der Waals surface area contributed by atoms with Gasteiger partial charge in [0.05, 0.1) is 6.66 Å². The summed E-state index contributed by atoms with van der Waals surface area (Å²) in [6.07, 6.45) is 0. The highest BCUT2D eigenvalue weighted by Gasteiger charge is 2.42. The molecule has 1 nitrogen and oxygen atoms in total. The van der Waals surface area contributed by atoms with Gasteiger partial charge in [-0.3, -0.25) is 0 Å². The van der Waals surface area contributed by atoms with Crippen molar-refractivity contribution < 1.29 is 0 Å². The second kappa shape index (κ2) is 8.01. The van der Waals surface area contributed by atoms with Crippen molar-refractivity contribution in [3.05, 3.63) is 97.1 Å². The van der Waals surface area contributed by atoms with E-state index in [-0.39, 0.29) is 0 Å². The minimum absolute atomic E-state index is 0.437. The number of fused-ring (bicyclic) bond motifs is 1.